The Hall–Kier alpha value is -2.50. The molecule has 1 aliphatic carbocycles. The van der Waals surface area contributed by atoms with Gasteiger partial charge in [-0.05, 0) is 38.0 Å². The molecule has 0 atom stereocenters. The molecule has 1 aromatic heterocycles. The fourth-order valence-corrected chi connectivity index (χ4v) is 3.38. The molecular weight excluding hydrogens is 316 g/mol. The lowest BCUT2D eigenvalue weighted by Gasteiger charge is -2.31. The number of carbonyl (C=O) groups excluding carboxylic acids is 1. The van der Waals surface area contributed by atoms with Crippen LogP contribution in [-0.2, 0) is 0 Å². The summed E-state index contributed by atoms with van der Waals surface area (Å²) in [5.74, 6) is 0.666. The number of nitrogens with zero attached hydrogens (tertiary/aromatic N) is 3. The number of hydrogen-bond acceptors (Lipinski definition) is 4. The molecular formula is C19H26N4O2. The zero-order valence-electron chi connectivity index (χ0n) is 14.9. The standard InChI is InChI=1S/C19H26N4O2/c1-3-25-18-10-9-14(11-16(18)20)17-12-23(13-21-17)19(24)22(2)15-7-5-4-6-8-15/h9-13,15H,3-8,20H2,1-2H3. The number of carbonyl (C=O) groups is 1. The molecule has 6 nitrogen and oxygen atoms in total. The Labute approximate surface area is 148 Å². The van der Waals surface area contributed by atoms with E-state index in [9.17, 15) is 4.79 Å². The molecule has 3 rings (SSSR count). The smallest absolute Gasteiger partial charge is 0.329 e. The second-order valence-corrected chi connectivity index (χ2v) is 6.54. The van der Waals surface area contributed by atoms with E-state index in [-0.39, 0.29) is 6.03 Å². The molecule has 6 heteroatoms. The predicted octanol–water partition coefficient (Wildman–Crippen LogP) is 3.76. The minimum Gasteiger partial charge on any atom is -0.492 e. The number of rotatable bonds is 4. The molecule has 134 valence electrons. The number of amides is 1. The highest BCUT2D eigenvalue weighted by Crippen LogP contribution is 2.28. The highest BCUT2D eigenvalue weighted by molar-refractivity contribution is 5.78. The molecule has 2 N–H and O–H groups in total. The first kappa shape index (κ1) is 17.3. The second kappa shape index (κ2) is 7.59. The Morgan fingerprint density at radius 2 is 2.12 bits per heavy atom. The minimum atomic E-state index is -0.0374. The van der Waals surface area contributed by atoms with Gasteiger partial charge in [-0.3, -0.25) is 4.57 Å². The monoisotopic (exact) mass is 342 g/mol. The summed E-state index contributed by atoms with van der Waals surface area (Å²) in [6.07, 6.45) is 9.16. The van der Waals surface area contributed by atoms with Gasteiger partial charge in [0.05, 0.1) is 18.0 Å². The van der Waals surface area contributed by atoms with Crippen molar-refractivity contribution >= 4 is 11.7 Å². The van der Waals surface area contributed by atoms with Gasteiger partial charge in [0.1, 0.15) is 12.1 Å². The zero-order chi connectivity index (χ0) is 17.8. The Balaban J connectivity index is 1.75. The van der Waals surface area contributed by atoms with Crippen LogP contribution in [0.4, 0.5) is 10.5 Å². The van der Waals surface area contributed by atoms with Crippen molar-refractivity contribution in [2.24, 2.45) is 0 Å². The van der Waals surface area contributed by atoms with Crippen molar-refractivity contribution in [3.63, 3.8) is 0 Å². The van der Waals surface area contributed by atoms with E-state index in [1.807, 2.05) is 37.1 Å². The Kier molecular flexibility index (Phi) is 5.26. The van der Waals surface area contributed by atoms with Gasteiger partial charge >= 0.3 is 6.03 Å². The molecule has 0 radical (unpaired) electrons. The Bertz CT molecular complexity index is 735. The number of hydrogen-bond donors (Lipinski definition) is 1. The Morgan fingerprint density at radius 3 is 2.80 bits per heavy atom. The van der Waals surface area contributed by atoms with Gasteiger partial charge in [-0.2, -0.15) is 0 Å². The van der Waals surface area contributed by atoms with E-state index in [0.29, 0.717) is 24.1 Å². The van der Waals surface area contributed by atoms with Gasteiger partial charge in [-0.25, -0.2) is 9.78 Å². The van der Waals surface area contributed by atoms with E-state index < -0.39 is 0 Å². The molecule has 0 aliphatic heterocycles. The quantitative estimate of drug-likeness (QED) is 0.859. The summed E-state index contributed by atoms with van der Waals surface area (Å²) in [5.41, 5.74) is 8.18. The van der Waals surface area contributed by atoms with Crippen molar-refractivity contribution in [1.82, 2.24) is 14.5 Å². The summed E-state index contributed by atoms with van der Waals surface area (Å²) in [7, 11) is 1.88. The van der Waals surface area contributed by atoms with Crippen LogP contribution in [-0.4, -0.2) is 40.2 Å². The Morgan fingerprint density at radius 1 is 1.36 bits per heavy atom. The van der Waals surface area contributed by atoms with Crippen LogP contribution in [0.3, 0.4) is 0 Å². The summed E-state index contributed by atoms with van der Waals surface area (Å²) in [5, 5.41) is 0. The van der Waals surface area contributed by atoms with Crippen molar-refractivity contribution in [1.29, 1.82) is 0 Å². The molecule has 25 heavy (non-hydrogen) atoms. The van der Waals surface area contributed by atoms with E-state index in [0.717, 1.165) is 24.1 Å². The van der Waals surface area contributed by atoms with Crippen molar-refractivity contribution in [3.8, 4) is 17.0 Å². The maximum absolute atomic E-state index is 12.7. The lowest BCUT2D eigenvalue weighted by atomic mass is 9.95. The summed E-state index contributed by atoms with van der Waals surface area (Å²) in [6, 6.07) is 5.86. The van der Waals surface area contributed by atoms with Gasteiger partial charge in [0.15, 0.2) is 0 Å². The predicted molar refractivity (Wildman–Crippen MR) is 98.7 cm³/mol. The van der Waals surface area contributed by atoms with Gasteiger partial charge in [-0.1, -0.05) is 19.3 Å². The fourth-order valence-electron chi connectivity index (χ4n) is 3.38. The van der Waals surface area contributed by atoms with Crippen molar-refractivity contribution in [2.45, 2.75) is 45.1 Å². The van der Waals surface area contributed by atoms with E-state index in [1.165, 1.54) is 19.3 Å². The van der Waals surface area contributed by atoms with Crippen LogP contribution in [0.2, 0.25) is 0 Å². The molecule has 1 fully saturated rings. The highest BCUT2D eigenvalue weighted by atomic mass is 16.5. The van der Waals surface area contributed by atoms with Crippen LogP contribution in [0, 0.1) is 0 Å². The number of nitrogen functional groups attached to an aromatic ring is 1. The molecule has 1 amide bonds. The number of imidazole rings is 1. The van der Waals surface area contributed by atoms with E-state index >= 15 is 0 Å². The van der Waals surface area contributed by atoms with Gasteiger partial charge in [0.2, 0.25) is 0 Å². The number of anilines is 1. The molecule has 2 aromatic rings. The number of aromatic nitrogens is 2. The SMILES string of the molecule is CCOc1ccc(-c2cn(C(=O)N(C)C3CCCCC3)cn2)cc1N. The number of benzene rings is 1. The molecule has 1 heterocycles. The van der Waals surface area contributed by atoms with Gasteiger partial charge in [0, 0.05) is 24.8 Å². The fraction of sp³-hybridized carbons (Fsp3) is 0.474. The average molecular weight is 342 g/mol. The first-order valence-electron chi connectivity index (χ1n) is 8.94. The van der Waals surface area contributed by atoms with Crippen molar-refractivity contribution < 1.29 is 9.53 Å². The number of ether oxygens (including phenoxy) is 1. The lowest BCUT2D eigenvalue weighted by Crippen LogP contribution is -2.40. The first-order chi connectivity index (χ1) is 12.1. The molecule has 0 unspecified atom stereocenters. The number of nitrogens with two attached hydrogens (primary N) is 1. The van der Waals surface area contributed by atoms with E-state index in [1.54, 1.807) is 17.1 Å². The van der Waals surface area contributed by atoms with Crippen LogP contribution in [0.25, 0.3) is 11.3 Å². The molecule has 0 bridgehead atoms. The first-order valence-corrected chi connectivity index (χ1v) is 8.94. The van der Waals surface area contributed by atoms with Crippen LogP contribution in [0.15, 0.2) is 30.7 Å². The topological polar surface area (TPSA) is 73.4 Å². The largest absolute Gasteiger partial charge is 0.492 e. The molecule has 1 aromatic carbocycles. The van der Waals surface area contributed by atoms with E-state index in [2.05, 4.69) is 4.98 Å². The molecule has 0 spiro atoms. The third-order valence-electron chi connectivity index (χ3n) is 4.83. The summed E-state index contributed by atoms with van der Waals surface area (Å²) >= 11 is 0. The summed E-state index contributed by atoms with van der Waals surface area (Å²) in [6.45, 7) is 2.49. The summed E-state index contributed by atoms with van der Waals surface area (Å²) < 4.78 is 7.01. The second-order valence-electron chi connectivity index (χ2n) is 6.54. The minimum absolute atomic E-state index is 0.0374. The van der Waals surface area contributed by atoms with Gasteiger partial charge < -0.3 is 15.4 Å². The lowest BCUT2D eigenvalue weighted by molar-refractivity contribution is 0.175. The van der Waals surface area contributed by atoms with Crippen LogP contribution >= 0.6 is 0 Å². The van der Waals surface area contributed by atoms with E-state index in [4.69, 9.17) is 10.5 Å². The van der Waals surface area contributed by atoms with Crippen LogP contribution in [0.5, 0.6) is 5.75 Å². The van der Waals surface area contributed by atoms with Gasteiger partial charge in [-0.15, -0.1) is 0 Å². The van der Waals surface area contributed by atoms with Crippen LogP contribution < -0.4 is 10.5 Å². The van der Waals surface area contributed by atoms with Crippen molar-refractivity contribution in [2.75, 3.05) is 19.4 Å². The molecule has 0 saturated heterocycles. The molecule has 1 saturated carbocycles. The zero-order valence-corrected chi connectivity index (χ0v) is 14.9. The van der Waals surface area contributed by atoms with Gasteiger partial charge in [0.25, 0.3) is 0 Å². The third kappa shape index (κ3) is 3.78. The highest BCUT2D eigenvalue weighted by Gasteiger charge is 2.23. The normalized spacial score (nSPS) is 15.1. The summed E-state index contributed by atoms with van der Waals surface area (Å²) in [4.78, 5) is 18.9. The van der Waals surface area contributed by atoms with Crippen LogP contribution in [0.1, 0.15) is 39.0 Å². The average Bonchev–Trinajstić information content (AvgIpc) is 3.13. The van der Waals surface area contributed by atoms with Crippen molar-refractivity contribution in [3.05, 3.63) is 30.7 Å². The maximum Gasteiger partial charge on any atom is 0.329 e. The maximum atomic E-state index is 12.7. The third-order valence-corrected chi connectivity index (χ3v) is 4.83. The molecule has 1 aliphatic rings.